The van der Waals surface area contributed by atoms with E-state index in [0.717, 1.165) is 43.4 Å². The van der Waals surface area contributed by atoms with Gasteiger partial charge in [-0.2, -0.15) is 4.98 Å². The maximum Gasteiger partial charge on any atom is 0.296 e. The van der Waals surface area contributed by atoms with Crippen LogP contribution < -0.4 is 10.1 Å². The Hall–Kier alpha value is -2.80. The summed E-state index contributed by atoms with van der Waals surface area (Å²) in [5.41, 5.74) is 3.41. The van der Waals surface area contributed by atoms with Crippen LogP contribution in [0.1, 0.15) is 48.4 Å². The molecule has 7 rings (SSSR count). The lowest BCUT2D eigenvalue weighted by Crippen LogP contribution is -2.34. The molecule has 3 aromatic rings. The molecule has 12 heteroatoms. The number of anilines is 1. The maximum absolute atomic E-state index is 15.3. The first-order valence-electron chi connectivity index (χ1n) is 14.1. The first kappa shape index (κ1) is 27.1. The second kappa shape index (κ2) is 11.5. The Morgan fingerprint density at radius 2 is 2.02 bits per heavy atom. The monoisotopic (exact) mass is 586 g/mol. The van der Waals surface area contributed by atoms with Crippen molar-refractivity contribution >= 4 is 34.7 Å². The van der Waals surface area contributed by atoms with E-state index in [1.807, 2.05) is 18.2 Å². The van der Waals surface area contributed by atoms with Crippen molar-refractivity contribution in [1.29, 1.82) is 0 Å². The van der Waals surface area contributed by atoms with Crippen LogP contribution in [-0.2, 0) is 25.4 Å². The normalized spacial score (nSPS) is 29.3. The van der Waals surface area contributed by atoms with Gasteiger partial charge in [0.2, 0.25) is 0 Å². The van der Waals surface area contributed by atoms with Crippen molar-refractivity contribution in [3.63, 3.8) is 0 Å². The van der Waals surface area contributed by atoms with Crippen molar-refractivity contribution in [1.82, 2.24) is 15.0 Å². The average Bonchev–Trinajstić information content (AvgIpc) is 3.74. The van der Waals surface area contributed by atoms with Gasteiger partial charge >= 0.3 is 0 Å². The molecule has 10 nitrogen and oxygen atoms in total. The topological polar surface area (TPSA) is 120 Å². The van der Waals surface area contributed by atoms with E-state index in [0.29, 0.717) is 40.6 Å². The first-order chi connectivity index (χ1) is 20.0. The molecule has 5 heterocycles. The zero-order chi connectivity index (χ0) is 27.9. The number of nitrogens with one attached hydrogen (secondary N) is 2. The van der Waals surface area contributed by atoms with Crippen LogP contribution in [0.15, 0.2) is 24.3 Å². The van der Waals surface area contributed by atoms with Gasteiger partial charge in [0.05, 0.1) is 36.4 Å². The summed E-state index contributed by atoms with van der Waals surface area (Å²) in [6.07, 6.45) is 6.37. The summed E-state index contributed by atoms with van der Waals surface area (Å²) < 4.78 is 43.9. The van der Waals surface area contributed by atoms with E-state index in [-0.39, 0.29) is 43.5 Å². The van der Waals surface area contributed by atoms with Gasteiger partial charge in [0, 0.05) is 12.2 Å². The quantitative estimate of drug-likeness (QED) is 0.354. The molecular formula is C29H32ClFN4O6. The van der Waals surface area contributed by atoms with E-state index in [9.17, 15) is 5.11 Å². The van der Waals surface area contributed by atoms with Crippen molar-refractivity contribution in [2.75, 3.05) is 31.7 Å². The van der Waals surface area contributed by atoms with Gasteiger partial charge in [0.15, 0.2) is 18.0 Å². The zero-order valence-electron chi connectivity index (χ0n) is 22.4. The Kier molecular flexibility index (Phi) is 7.57. The standard InChI is InChI=1S/C29H32ClFN4O6/c30-17-12-20-28(35-29(33-20)41-22-14-40-25-21(36)13-39-26(22)25)34-27(17)32-19-7-6-16-10-15(11-18(31)24(16)19)4-3-9-38-23-5-1-2-8-37-23/h3-4,10-12,19,21-23,25-26,36H,1-2,5-9,13-14H2,(H2,32,33,34,35)/b4-3+/t19-,21+,22+,23?,25+,26+/m0/s1. The fourth-order valence-corrected chi connectivity index (χ4v) is 6.28. The summed E-state index contributed by atoms with van der Waals surface area (Å²) in [6, 6.07) is 5.27. The molecule has 6 atom stereocenters. The van der Waals surface area contributed by atoms with Gasteiger partial charge in [-0.15, -0.1) is 0 Å². The summed E-state index contributed by atoms with van der Waals surface area (Å²) in [6.45, 7) is 1.67. The van der Waals surface area contributed by atoms with Crippen molar-refractivity contribution < 1.29 is 33.2 Å². The van der Waals surface area contributed by atoms with Crippen molar-refractivity contribution in [3.8, 4) is 6.01 Å². The van der Waals surface area contributed by atoms with E-state index < -0.39 is 18.3 Å². The number of aromatic nitrogens is 3. The van der Waals surface area contributed by atoms with Crippen molar-refractivity contribution in [2.45, 2.75) is 68.9 Å². The van der Waals surface area contributed by atoms with E-state index in [1.54, 1.807) is 12.1 Å². The predicted octanol–water partition coefficient (Wildman–Crippen LogP) is 4.31. The molecule has 0 spiro atoms. The number of ether oxygens (including phenoxy) is 5. The third-order valence-electron chi connectivity index (χ3n) is 8.08. The smallest absolute Gasteiger partial charge is 0.296 e. The van der Waals surface area contributed by atoms with Gasteiger partial charge in [-0.05, 0) is 55.4 Å². The zero-order valence-corrected chi connectivity index (χ0v) is 23.1. The summed E-state index contributed by atoms with van der Waals surface area (Å²) in [5, 5.41) is 13.7. The van der Waals surface area contributed by atoms with Gasteiger partial charge < -0.3 is 39.1 Å². The molecule has 1 aromatic carbocycles. The van der Waals surface area contributed by atoms with E-state index >= 15 is 4.39 Å². The molecule has 0 bridgehead atoms. The Labute approximate surface area is 241 Å². The summed E-state index contributed by atoms with van der Waals surface area (Å²) in [7, 11) is 0. The number of rotatable bonds is 8. The van der Waals surface area contributed by atoms with Crippen LogP contribution in [0.4, 0.5) is 10.2 Å². The number of hydrogen-bond acceptors (Lipinski definition) is 9. The second-order valence-electron chi connectivity index (χ2n) is 10.9. The molecule has 0 saturated carbocycles. The average molecular weight is 587 g/mol. The highest BCUT2D eigenvalue weighted by molar-refractivity contribution is 6.33. The molecule has 3 N–H and O–H groups in total. The van der Waals surface area contributed by atoms with Crippen molar-refractivity contribution in [2.24, 2.45) is 0 Å². The lowest BCUT2D eigenvalue weighted by molar-refractivity contribution is -0.155. The molecule has 3 saturated heterocycles. The third kappa shape index (κ3) is 5.54. The molecule has 2 aromatic heterocycles. The molecule has 1 aliphatic carbocycles. The Morgan fingerprint density at radius 1 is 1.12 bits per heavy atom. The fraction of sp³-hybridized carbons (Fsp3) is 0.517. The second-order valence-corrected chi connectivity index (χ2v) is 11.3. The number of hydrogen-bond donors (Lipinski definition) is 3. The molecule has 41 heavy (non-hydrogen) atoms. The lowest BCUT2D eigenvalue weighted by atomic mass is 10.0. The van der Waals surface area contributed by atoms with Crippen LogP contribution in [0.3, 0.4) is 0 Å². The summed E-state index contributed by atoms with van der Waals surface area (Å²) in [5.74, 6) is 0.157. The Bertz CT molecular complexity index is 1450. The minimum absolute atomic E-state index is 0.150. The number of imidazole rings is 1. The first-order valence-corrected chi connectivity index (χ1v) is 14.5. The largest absolute Gasteiger partial charge is 0.456 e. The van der Waals surface area contributed by atoms with Gasteiger partial charge in [0.1, 0.15) is 29.9 Å². The molecule has 3 aliphatic heterocycles. The number of aliphatic hydroxyl groups excluding tert-OH is 1. The number of pyridine rings is 1. The molecule has 0 radical (unpaired) electrons. The number of nitrogens with zero attached hydrogens (tertiary/aromatic N) is 2. The van der Waals surface area contributed by atoms with E-state index in [2.05, 4.69) is 20.3 Å². The molecule has 218 valence electrons. The van der Waals surface area contributed by atoms with Gasteiger partial charge in [0.25, 0.3) is 6.01 Å². The molecule has 0 amide bonds. The highest BCUT2D eigenvalue weighted by Crippen LogP contribution is 2.38. The van der Waals surface area contributed by atoms with Gasteiger partial charge in [-0.1, -0.05) is 29.8 Å². The van der Waals surface area contributed by atoms with Crippen LogP contribution in [-0.4, -0.2) is 77.2 Å². The summed E-state index contributed by atoms with van der Waals surface area (Å²) >= 11 is 6.56. The van der Waals surface area contributed by atoms with Crippen LogP contribution in [0.5, 0.6) is 6.01 Å². The SMILES string of the molecule is O[C@@H]1CO[C@H]2[C@@H]1OC[C@H]2Oc1nc2nc(N[C@H]3CCc4cc(/C=C/COC5CCCCO5)cc(F)c43)c(Cl)cc2[nH]1. The van der Waals surface area contributed by atoms with Crippen LogP contribution in [0.25, 0.3) is 17.2 Å². The fourth-order valence-electron chi connectivity index (χ4n) is 6.08. The van der Waals surface area contributed by atoms with Gasteiger partial charge in [-0.3, -0.25) is 0 Å². The molecular weight excluding hydrogens is 555 g/mol. The lowest BCUT2D eigenvalue weighted by Gasteiger charge is -2.21. The number of halogens is 2. The third-order valence-corrected chi connectivity index (χ3v) is 8.36. The number of aromatic amines is 1. The van der Waals surface area contributed by atoms with Crippen LogP contribution in [0, 0.1) is 5.82 Å². The van der Waals surface area contributed by atoms with Crippen LogP contribution >= 0.6 is 11.6 Å². The molecule has 1 unspecified atom stereocenters. The number of H-pyrrole nitrogens is 1. The highest BCUT2D eigenvalue weighted by atomic mass is 35.5. The minimum atomic E-state index is -0.659. The molecule has 4 aliphatic rings. The Morgan fingerprint density at radius 3 is 2.90 bits per heavy atom. The Balaban J connectivity index is 1.02. The maximum atomic E-state index is 15.3. The highest BCUT2D eigenvalue weighted by Gasteiger charge is 2.48. The molecule has 3 fully saturated rings. The van der Waals surface area contributed by atoms with Crippen molar-refractivity contribution in [3.05, 3.63) is 51.8 Å². The number of benzene rings is 1. The van der Waals surface area contributed by atoms with E-state index in [4.69, 9.17) is 35.3 Å². The van der Waals surface area contributed by atoms with E-state index in [1.165, 1.54) is 0 Å². The number of fused-ring (bicyclic) bond motifs is 3. The minimum Gasteiger partial charge on any atom is -0.456 e. The van der Waals surface area contributed by atoms with Crippen LogP contribution in [0.2, 0.25) is 5.02 Å². The number of aliphatic hydroxyl groups is 1. The number of aryl methyl sites for hydroxylation is 1. The predicted molar refractivity (Wildman–Crippen MR) is 148 cm³/mol. The summed E-state index contributed by atoms with van der Waals surface area (Å²) in [4.78, 5) is 12.1. The van der Waals surface area contributed by atoms with Gasteiger partial charge in [-0.25, -0.2) is 9.37 Å².